The van der Waals surface area contributed by atoms with Gasteiger partial charge >= 0.3 is 0 Å². The van der Waals surface area contributed by atoms with Gasteiger partial charge in [0.2, 0.25) is 10.0 Å². The van der Waals surface area contributed by atoms with Crippen molar-refractivity contribution in [3.8, 4) is 17.2 Å². The maximum Gasteiger partial charge on any atom is 0.256 e. The number of rotatable bonds is 5. The highest BCUT2D eigenvalue weighted by atomic mass is 32.2. The molecule has 0 bridgehead atoms. The number of piperazine rings is 1. The first-order valence-electron chi connectivity index (χ1n) is 10.6. The summed E-state index contributed by atoms with van der Waals surface area (Å²) >= 11 is 0. The van der Waals surface area contributed by atoms with Crippen LogP contribution in [0.5, 0.6) is 0 Å². The van der Waals surface area contributed by atoms with Crippen molar-refractivity contribution in [2.75, 3.05) is 38.5 Å². The summed E-state index contributed by atoms with van der Waals surface area (Å²) in [5.41, 5.74) is 2.73. The standard InChI is InChI=1S/C25H24N4O3S/c1-28-14-16-29(17-15-28)33(31,32)21-12-10-20(11-13-21)27-25(30)24-9-5-4-8-23(24)22-7-3-2-6-19(22)18-26/h2-13H,14-17H2,1H3,(H,27,30). The minimum Gasteiger partial charge on any atom is -0.322 e. The number of carbonyl (C=O) groups is 1. The van der Waals surface area contributed by atoms with Crippen molar-refractivity contribution >= 4 is 21.6 Å². The molecule has 3 aromatic rings. The number of likely N-dealkylation sites (N-methyl/N-ethyl adjacent to an activating group) is 1. The van der Waals surface area contributed by atoms with Gasteiger partial charge in [-0.2, -0.15) is 9.57 Å². The van der Waals surface area contributed by atoms with Crippen LogP contribution in [-0.2, 0) is 10.0 Å². The second-order valence-corrected chi connectivity index (χ2v) is 9.83. The van der Waals surface area contributed by atoms with E-state index in [-0.39, 0.29) is 10.8 Å². The number of anilines is 1. The Morgan fingerprint density at radius 1 is 0.879 bits per heavy atom. The molecule has 8 heteroatoms. The predicted octanol–water partition coefficient (Wildman–Crippen LogP) is 3.41. The molecule has 1 N–H and O–H groups in total. The molecule has 0 unspecified atom stereocenters. The minimum atomic E-state index is -3.57. The van der Waals surface area contributed by atoms with Crippen LogP contribution in [0.2, 0.25) is 0 Å². The van der Waals surface area contributed by atoms with E-state index in [2.05, 4.69) is 16.3 Å². The molecule has 0 aromatic heterocycles. The smallest absolute Gasteiger partial charge is 0.256 e. The van der Waals surface area contributed by atoms with Gasteiger partial charge in [0.15, 0.2) is 0 Å². The normalized spacial score (nSPS) is 15.0. The lowest BCUT2D eigenvalue weighted by atomic mass is 9.95. The number of sulfonamides is 1. The molecule has 0 saturated carbocycles. The number of nitriles is 1. The summed E-state index contributed by atoms with van der Waals surface area (Å²) in [5.74, 6) is -0.340. The molecule has 1 aliphatic rings. The summed E-state index contributed by atoms with van der Waals surface area (Å²) in [7, 11) is -1.60. The Morgan fingerprint density at radius 3 is 2.15 bits per heavy atom. The maximum absolute atomic E-state index is 13.0. The molecule has 168 valence electrons. The third kappa shape index (κ3) is 4.81. The summed E-state index contributed by atoms with van der Waals surface area (Å²) in [6.45, 7) is 2.31. The van der Waals surface area contributed by atoms with E-state index >= 15 is 0 Å². The lowest BCUT2D eigenvalue weighted by molar-refractivity contribution is 0.102. The largest absolute Gasteiger partial charge is 0.322 e. The molecule has 0 radical (unpaired) electrons. The number of hydrogen-bond donors (Lipinski definition) is 1. The molecule has 1 saturated heterocycles. The SMILES string of the molecule is CN1CCN(S(=O)(=O)c2ccc(NC(=O)c3ccccc3-c3ccccc3C#N)cc2)CC1. The van der Waals surface area contributed by atoms with E-state index in [0.717, 1.165) is 0 Å². The van der Waals surface area contributed by atoms with E-state index in [1.807, 2.05) is 25.2 Å². The van der Waals surface area contributed by atoms with E-state index in [1.165, 1.54) is 16.4 Å². The van der Waals surface area contributed by atoms with Crippen LogP contribution in [0, 0.1) is 11.3 Å². The van der Waals surface area contributed by atoms with E-state index in [9.17, 15) is 18.5 Å². The van der Waals surface area contributed by atoms with E-state index in [4.69, 9.17) is 0 Å². The summed E-state index contributed by atoms with van der Waals surface area (Å²) < 4.78 is 27.3. The summed E-state index contributed by atoms with van der Waals surface area (Å²) in [4.78, 5) is 15.3. The highest BCUT2D eigenvalue weighted by molar-refractivity contribution is 7.89. The Bertz CT molecular complexity index is 1310. The fraction of sp³-hybridized carbons (Fsp3) is 0.200. The van der Waals surface area contributed by atoms with Crippen molar-refractivity contribution in [2.45, 2.75) is 4.90 Å². The Morgan fingerprint density at radius 2 is 1.48 bits per heavy atom. The Hall–Kier alpha value is -3.51. The van der Waals surface area contributed by atoms with Crippen LogP contribution in [0.25, 0.3) is 11.1 Å². The van der Waals surface area contributed by atoms with Crippen molar-refractivity contribution in [3.63, 3.8) is 0 Å². The second kappa shape index (κ2) is 9.55. The van der Waals surface area contributed by atoms with Crippen LogP contribution in [-0.4, -0.2) is 56.8 Å². The van der Waals surface area contributed by atoms with Gasteiger partial charge in [-0.1, -0.05) is 36.4 Å². The van der Waals surface area contributed by atoms with Crippen LogP contribution >= 0.6 is 0 Å². The summed E-state index contributed by atoms with van der Waals surface area (Å²) in [6, 6.07) is 22.6. The number of carbonyl (C=O) groups excluding carboxylic acids is 1. The van der Waals surface area contributed by atoms with Crippen molar-refractivity contribution in [1.29, 1.82) is 5.26 Å². The third-order valence-corrected chi connectivity index (χ3v) is 7.63. The van der Waals surface area contributed by atoms with Gasteiger partial charge in [0.25, 0.3) is 5.91 Å². The van der Waals surface area contributed by atoms with Crippen LogP contribution in [0.1, 0.15) is 15.9 Å². The molecule has 1 amide bonds. The average Bonchev–Trinajstić information content (AvgIpc) is 2.84. The molecule has 3 aromatic carbocycles. The minimum absolute atomic E-state index is 0.202. The lowest BCUT2D eigenvalue weighted by Gasteiger charge is -2.31. The van der Waals surface area contributed by atoms with Crippen LogP contribution in [0.3, 0.4) is 0 Å². The third-order valence-electron chi connectivity index (χ3n) is 5.72. The Labute approximate surface area is 193 Å². The topological polar surface area (TPSA) is 93.5 Å². The zero-order valence-corrected chi connectivity index (χ0v) is 19.0. The van der Waals surface area contributed by atoms with Crippen molar-refractivity contribution in [1.82, 2.24) is 9.21 Å². The number of hydrogen-bond acceptors (Lipinski definition) is 5. The van der Waals surface area contributed by atoms with E-state index < -0.39 is 10.0 Å². The molecule has 4 rings (SSSR count). The number of nitrogens with one attached hydrogen (secondary N) is 1. The molecular formula is C25H24N4O3S. The highest BCUT2D eigenvalue weighted by Gasteiger charge is 2.27. The molecule has 7 nitrogen and oxygen atoms in total. The monoisotopic (exact) mass is 460 g/mol. The maximum atomic E-state index is 13.0. The van der Waals surface area contributed by atoms with Gasteiger partial charge in [-0.3, -0.25) is 4.79 Å². The van der Waals surface area contributed by atoms with Gasteiger partial charge < -0.3 is 10.2 Å². The van der Waals surface area contributed by atoms with Crippen LogP contribution in [0.4, 0.5) is 5.69 Å². The van der Waals surface area contributed by atoms with Gasteiger partial charge in [-0.05, 0) is 49.0 Å². The predicted molar refractivity (Wildman–Crippen MR) is 127 cm³/mol. The van der Waals surface area contributed by atoms with Crippen molar-refractivity contribution in [3.05, 3.63) is 83.9 Å². The molecule has 0 spiro atoms. The summed E-state index contributed by atoms with van der Waals surface area (Å²) in [6.07, 6.45) is 0. The van der Waals surface area contributed by atoms with Gasteiger partial charge in [0.1, 0.15) is 0 Å². The number of benzene rings is 3. The first-order valence-corrected chi connectivity index (χ1v) is 12.0. The van der Waals surface area contributed by atoms with Gasteiger partial charge in [0.05, 0.1) is 16.5 Å². The second-order valence-electron chi connectivity index (χ2n) is 7.89. The fourth-order valence-electron chi connectivity index (χ4n) is 3.82. The molecule has 0 aliphatic carbocycles. The molecule has 1 fully saturated rings. The molecule has 1 heterocycles. The number of nitrogens with zero attached hydrogens (tertiary/aromatic N) is 3. The quantitative estimate of drug-likeness (QED) is 0.630. The lowest BCUT2D eigenvalue weighted by Crippen LogP contribution is -2.46. The molecule has 1 aliphatic heterocycles. The summed E-state index contributed by atoms with van der Waals surface area (Å²) in [5, 5.41) is 12.3. The zero-order chi connectivity index (χ0) is 23.4. The first kappa shape index (κ1) is 22.7. The average molecular weight is 461 g/mol. The van der Waals surface area contributed by atoms with Gasteiger partial charge in [-0.25, -0.2) is 8.42 Å². The van der Waals surface area contributed by atoms with Crippen molar-refractivity contribution < 1.29 is 13.2 Å². The van der Waals surface area contributed by atoms with E-state index in [1.54, 1.807) is 42.5 Å². The number of amides is 1. The first-order chi connectivity index (χ1) is 15.9. The van der Waals surface area contributed by atoms with Crippen LogP contribution in [0.15, 0.2) is 77.7 Å². The Balaban J connectivity index is 1.54. The zero-order valence-electron chi connectivity index (χ0n) is 18.2. The van der Waals surface area contributed by atoms with Crippen LogP contribution < -0.4 is 5.32 Å². The molecular weight excluding hydrogens is 436 g/mol. The molecule has 33 heavy (non-hydrogen) atoms. The highest BCUT2D eigenvalue weighted by Crippen LogP contribution is 2.28. The van der Waals surface area contributed by atoms with Gasteiger partial charge in [0, 0.05) is 43.0 Å². The van der Waals surface area contributed by atoms with Crippen molar-refractivity contribution in [2.24, 2.45) is 0 Å². The van der Waals surface area contributed by atoms with Gasteiger partial charge in [-0.15, -0.1) is 0 Å². The Kier molecular flexibility index (Phi) is 6.56. The van der Waals surface area contributed by atoms with E-state index in [0.29, 0.717) is 54.1 Å². The molecule has 0 atom stereocenters. The fourth-order valence-corrected chi connectivity index (χ4v) is 5.24.